The molecule has 0 aromatic rings. The zero-order valence-corrected chi connectivity index (χ0v) is 25.9. The van der Waals surface area contributed by atoms with Gasteiger partial charge in [-0.05, 0) is 122 Å². The van der Waals surface area contributed by atoms with Crippen molar-refractivity contribution >= 4 is 11.8 Å². The van der Waals surface area contributed by atoms with Gasteiger partial charge in [-0.15, -0.1) is 0 Å². The number of hydrogen-bond acceptors (Lipinski definition) is 4. The van der Waals surface area contributed by atoms with Crippen LogP contribution in [0.1, 0.15) is 99.8 Å². The number of carboxylic acid groups (broad SMARTS) is 1. The van der Waals surface area contributed by atoms with Crippen LogP contribution < -0.4 is 0 Å². The number of hydrogen-bond donors (Lipinski definition) is 2. The lowest BCUT2D eigenvalue weighted by atomic mass is 9.33. The SMILES string of the molecule is CC1=C(O)C(=O)C=C2C1=CC=C1[C@@]2(C)CC[C@@]2(C)C3C[C@](C)(C(=O)O)CC(CC(C)CCN=[N+]=[N-])[C@]3(C)CC[C@]12C. The van der Waals surface area contributed by atoms with E-state index in [0.717, 1.165) is 49.7 Å². The molecule has 0 spiro atoms. The number of carboxylic acids is 1. The number of azide groups is 1. The summed E-state index contributed by atoms with van der Waals surface area (Å²) in [4.78, 5) is 28.5. The highest BCUT2D eigenvalue weighted by Crippen LogP contribution is 2.76. The van der Waals surface area contributed by atoms with E-state index in [1.807, 2.05) is 13.8 Å². The largest absolute Gasteiger partial charge is 0.504 e. The van der Waals surface area contributed by atoms with Crippen molar-refractivity contribution in [1.29, 1.82) is 0 Å². The second-order valence-electron chi connectivity index (χ2n) is 15.3. The second kappa shape index (κ2) is 9.62. The van der Waals surface area contributed by atoms with Crippen molar-refractivity contribution in [3.05, 3.63) is 56.7 Å². The van der Waals surface area contributed by atoms with E-state index in [4.69, 9.17) is 5.53 Å². The summed E-state index contributed by atoms with van der Waals surface area (Å²) < 4.78 is 0. The van der Waals surface area contributed by atoms with Crippen LogP contribution in [0.5, 0.6) is 0 Å². The molecule has 0 bridgehead atoms. The summed E-state index contributed by atoms with van der Waals surface area (Å²) in [5, 5.41) is 24.7. The summed E-state index contributed by atoms with van der Waals surface area (Å²) in [5.74, 6) is -0.298. The molecule has 5 rings (SSSR count). The molecule has 5 aliphatic carbocycles. The van der Waals surface area contributed by atoms with Gasteiger partial charge in [-0.25, -0.2) is 0 Å². The van der Waals surface area contributed by atoms with Crippen molar-refractivity contribution in [2.45, 2.75) is 99.8 Å². The van der Waals surface area contributed by atoms with E-state index < -0.39 is 11.4 Å². The van der Waals surface area contributed by atoms with Gasteiger partial charge in [0.15, 0.2) is 5.76 Å². The summed E-state index contributed by atoms with van der Waals surface area (Å²) in [6, 6.07) is 0. The molecule has 0 aliphatic heterocycles. The summed E-state index contributed by atoms with van der Waals surface area (Å²) in [6.45, 7) is 16.0. The summed E-state index contributed by atoms with van der Waals surface area (Å²) in [6.07, 6.45) is 13.1. The molecule has 222 valence electrons. The first kappa shape index (κ1) is 29.7. The zero-order valence-electron chi connectivity index (χ0n) is 25.9. The minimum atomic E-state index is -0.785. The van der Waals surface area contributed by atoms with Crippen LogP contribution in [0.4, 0.5) is 0 Å². The van der Waals surface area contributed by atoms with Crippen molar-refractivity contribution in [3.8, 4) is 0 Å². The molecule has 0 heterocycles. The van der Waals surface area contributed by atoms with Gasteiger partial charge in [0.2, 0.25) is 5.78 Å². The number of fused-ring (bicyclic) bond motifs is 7. The average molecular weight is 562 g/mol. The van der Waals surface area contributed by atoms with Crippen LogP contribution in [0.25, 0.3) is 10.4 Å². The van der Waals surface area contributed by atoms with Crippen molar-refractivity contribution in [3.63, 3.8) is 0 Å². The first-order chi connectivity index (χ1) is 19.1. The monoisotopic (exact) mass is 561 g/mol. The average Bonchev–Trinajstić information content (AvgIpc) is 2.91. The first-order valence-electron chi connectivity index (χ1n) is 15.4. The Morgan fingerprint density at radius 2 is 1.83 bits per heavy atom. The van der Waals surface area contributed by atoms with Gasteiger partial charge in [-0.3, -0.25) is 9.59 Å². The highest BCUT2D eigenvalue weighted by molar-refractivity contribution is 6.06. The summed E-state index contributed by atoms with van der Waals surface area (Å²) >= 11 is 0. The quantitative estimate of drug-likeness (QED) is 0.191. The molecule has 8 atom stereocenters. The predicted molar refractivity (Wildman–Crippen MR) is 160 cm³/mol. The number of nitrogens with zero attached hydrogens (tertiary/aromatic N) is 3. The van der Waals surface area contributed by atoms with Crippen LogP contribution in [-0.2, 0) is 9.59 Å². The van der Waals surface area contributed by atoms with Crippen molar-refractivity contribution in [2.75, 3.05) is 6.54 Å². The minimum Gasteiger partial charge on any atom is -0.504 e. The predicted octanol–water partition coefficient (Wildman–Crippen LogP) is 8.65. The standard InChI is InChI=1S/C34H47N3O4/c1-20(10-15-36-37-35)16-22-18-30(3,29(40)41)19-27-31(22,4)11-13-33(6)26-9-8-23-21(2)28(39)25(38)17-24(23)32(26,5)12-14-34(27,33)7/h8-9,17,20,22,27,39H,10-16,18-19H2,1-7H3,(H,40,41)/t20?,22?,27?,30-,31+,32+,33-,34+/m1/s1. The lowest BCUT2D eigenvalue weighted by Crippen LogP contribution is -2.64. The van der Waals surface area contributed by atoms with Gasteiger partial charge in [0.05, 0.1) is 5.41 Å². The number of aliphatic hydroxyl groups excluding tert-OH is 1. The number of ketones is 1. The molecule has 0 amide bonds. The minimum absolute atomic E-state index is 0.0190. The van der Waals surface area contributed by atoms with E-state index in [1.54, 1.807) is 6.08 Å². The molecule has 5 aliphatic rings. The van der Waals surface area contributed by atoms with Crippen LogP contribution in [0.3, 0.4) is 0 Å². The van der Waals surface area contributed by atoms with Crippen molar-refractivity contribution < 1.29 is 19.8 Å². The Labute approximate surface area is 244 Å². The Hall–Kier alpha value is -2.79. The van der Waals surface area contributed by atoms with E-state index in [-0.39, 0.29) is 45.0 Å². The highest BCUT2D eigenvalue weighted by atomic mass is 16.4. The fourth-order valence-electron chi connectivity index (χ4n) is 10.2. The van der Waals surface area contributed by atoms with Gasteiger partial charge in [0.1, 0.15) is 0 Å². The molecule has 0 aromatic carbocycles. The molecule has 7 heteroatoms. The molecule has 0 radical (unpaired) electrons. The maximum Gasteiger partial charge on any atom is 0.309 e. The normalized spacial score (nSPS) is 42.3. The van der Waals surface area contributed by atoms with Gasteiger partial charge < -0.3 is 10.2 Å². The van der Waals surface area contributed by atoms with E-state index in [9.17, 15) is 19.8 Å². The molecule has 2 N–H and O–H groups in total. The van der Waals surface area contributed by atoms with E-state index in [1.165, 1.54) is 5.57 Å². The fraction of sp³-hybridized carbons (Fsp3) is 0.706. The molecule has 41 heavy (non-hydrogen) atoms. The van der Waals surface area contributed by atoms with Gasteiger partial charge in [-0.1, -0.05) is 57.5 Å². The van der Waals surface area contributed by atoms with Crippen LogP contribution in [-0.4, -0.2) is 28.5 Å². The Balaban J connectivity index is 1.58. The Morgan fingerprint density at radius 1 is 1.12 bits per heavy atom. The fourth-order valence-corrected chi connectivity index (χ4v) is 10.2. The Kier molecular flexibility index (Phi) is 6.97. The Morgan fingerprint density at radius 3 is 2.49 bits per heavy atom. The summed E-state index contributed by atoms with van der Waals surface area (Å²) in [7, 11) is 0. The Bertz CT molecular complexity index is 1370. The topological polar surface area (TPSA) is 123 Å². The van der Waals surface area contributed by atoms with E-state index in [0.29, 0.717) is 30.9 Å². The molecular formula is C34H47N3O4. The number of allylic oxidation sites excluding steroid dienone is 7. The number of carbonyl (C=O) groups excluding carboxylic acids is 1. The maximum atomic E-state index is 12.8. The molecule has 0 aromatic heterocycles. The van der Waals surface area contributed by atoms with Crippen LogP contribution in [0.15, 0.2) is 51.4 Å². The zero-order chi connectivity index (χ0) is 30.2. The number of aliphatic carboxylic acids is 1. The lowest BCUT2D eigenvalue weighted by molar-refractivity contribution is -0.197. The summed E-state index contributed by atoms with van der Waals surface area (Å²) in [5.41, 5.74) is 11.4. The van der Waals surface area contributed by atoms with Crippen LogP contribution >= 0.6 is 0 Å². The lowest BCUT2D eigenvalue weighted by Gasteiger charge is -2.71. The van der Waals surface area contributed by atoms with E-state index >= 15 is 0 Å². The highest BCUT2D eigenvalue weighted by Gasteiger charge is 2.69. The smallest absolute Gasteiger partial charge is 0.309 e. The third kappa shape index (κ3) is 4.09. The number of aliphatic hydroxyl groups is 1. The molecule has 0 saturated heterocycles. The van der Waals surface area contributed by atoms with Crippen LogP contribution in [0, 0.1) is 44.8 Å². The van der Waals surface area contributed by atoms with Crippen molar-refractivity contribution in [2.24, 2.45) is 49.9 Å². The van der Waals surface area contributed by atoms with Gasteiger partial charge in [0.25, 0.3) is 0 Å². The van der Waals surface area contributed by atoms with Gasteiger partial charge in [0, 0.05) is 22.4 Å². The number of rotatable bonds is 6. The van der Waals surface area contributed by atoms with E-state index in [2.05, 4.69) is 56.8 Å². The molecule has 7 nitrogen and oxygen atoms in total. The molecular weight excluding hydrogens is 514 g/mol. The van der Waals surface area contributed by atoms with Crippen LogP contribution in [0.2, 0.25) is 0 Å². The third-order valence-electron chi connectivity index (χ3n) is 13.2. The third-order valence-corrected chi connectivity index (χ3v) is 13.2. The van der Waals surface area contributed by atoms with Crippen molar-refractivity contribution in [1.82, 2.24) is 0 Å². The molecule has 3 saturated carbocycles. The van der Waals surface area contributed by atoms with Gasteiger partial charge in [-0.2, -0.15) is 0 Å². The van der Waals surface area contributed by atoms with Gasteiger partial charge >= 0.3 is 5.97 Å². The second-order valence-corrected chi connectivity index (χ2v) is 15.3. The molecule has 3 fully saturated rings. The molecule has 3 unspecified atom stereocenters. The number of carbonyl (C=O) groups is 2. The maximum absolute atomic E-state index is 12.8. The first-order valence-corrected chi connectivity index (χ1v) is 15.4.